The zero-order valence-electron chi connectivity index (χ0n) is 30.7. The van der Waals surface area contributed by atoms with Crippen molar-refractivity contribution in [3.63, 3.8) is 0 Å². The largest absolute Gasteiger partial charge is 0.310 e. The van der Waals surface area contributed by atoms with E-state index in [1.54, 1.807) is 0 Å². The molecule has 56 heavy (non-hydrogen) atoms. The van der Waals surface area contributed by atoms with E-state index in [1.807, 2.05) is 0 Å². The first-order chi connectivity index (χ1) is 27.8. The van der Waals surface area contributed by atoms with Gasteiger partial charge in [-0.25, -0.2) is 0 Å². The van der Waals surface area contributed by atoms with Crippen LogP contribution in [0.3, 0.4) is 0 Å². The van der Waals surface area contributed by atoms with Crippen LogP contribution >= 0.6 is 0 Å². The molecule has 0 heterocycles. The van der Waals surface area contributed by atoms with Crippen LogP contribution in [0.5, 0.6) is 0 Å². The lowest BCUT2D eigenvalue weighted by atomic mass is 9.98. The molecule has 0 aliphatic carbocycles. The van der Waals surface area contributed by atoms with Gasteiger partial charge in [-0.3, -0.25) is 0 Å². The molecule has 0 aliphatic heterocycles. The zero-order chi connectivity index (χ0) is 37.0. The summed E-state index contributed by atoms with van der Waals surface area (Å²) in [5.41, 5.74) is 6.83. The molecule has 0 unspecified atom stereocenters. The van der Waals surface area contributed by atoms with Gasteiger partial charge in [0.15, 0.2) is 0 Å². The van der Waals surface area contributed by atoms with Crippen LogP contribution in [0.25, 0.3) is 64.6 Å². The number of para-hydroxylation sites is 2. The quantitative estimate of drug-likeness (QED) is 0.125. The minimum absolute atomic E-state index is 1.12. The Balaban J connectivity index is 1.07. The number of hydrogen-bond acceptors (Lipinski definition) is 2. The highest BCUT2D eigenvalue weighted by atomic mass is 15.1. The lowest BCUT2D eigenvalue weighted by molar-refractivity contribution is 1.31. The molecule has 2 heteroatoms. The van der Waals surface area contributed by atoms with Crippen molar-refractivity contribution in [1.29, 1.82) is 0 Å². The van der Waals surface area contributed by atoms with Crippen molar-refractivity contribution in [2.45, 2.75) is 0 Å². The van der Waals surface area contributed by atoms with Crippen molar-refractivity contribution in [2.24, 2.45) is 0 Å². The predicted octanol–water partition coefficient (Wildman–Crippen LogP) is 15.5. The van der Waals surface area contributed by atoms with Gasteiger partial charge in [0, 0.05) is 33.5 Å². The molecule has 262 valence electrons. The summed E-state index contributed by atoms with van der Waals surface area (Å²) >= 11 is 0. The lowest BCUT2D eigenvalue weighted by Crippen LogP contribution is -2.11. The van der Waals surface area contributed by atoms with Crippen molar-refractivity contribution in [1.82, 2.24) is 0 Å². The third kappa shape index (κ3) is 5.34. The third-order valence-corrected chi connectivity index (χ3v) is 11.3. The Kier molecular flexibility index (Phi) is 7.53. The molecule has 0 atom stereocenters. The Bertz CT molecular complexity index is 3040. The highest BCUT2D eigenvalue weighted by Crippen LogP contribution is 2.45. The maximum atomic E-state index is 2.41. The van der Waals surface area contributed by atoms with E-state index >= 15 is 0 Å². The summed E-state index contributed by atoms with van der Waals surface area (Å²) in [6, 6.07) is 79.6. The predicted molar refractivity (Wildman–Crippen MR) is 241 cm³/mol. The van der Waals surface area contributed by atoms with Crippen molar-refractivity contribution >= 4 is 98.8 Å². The molecule has 0 saturated heterocycles. The zero-order valence-corrected chi connectivity index (χ0v) is 30.7. The third-order valence-electron chi connectivity index (χ3n) is 11.3. The van der Waals surface area contributed by atoms with Gasteiger partial charge in [-0.2, -0.15) is 0 Å². The summed E-state index contributed by atoms with van der Waals surface area (Å²) in [5, 5.41) is 14.8. The highest BCUT2D eigenvalue weighted by molar-refractivity contribution is 6.16. The summed E-state index contributed by atoms with van der Waals surface area (Å²) in [6.45, 7) is 0. The molecule has 0 aromatic heterocycles. The van der Waals surface area contributed by atoms with Crippen LogP contribution < -0.4 is 9.80 Å². The molecule has 11 aromatic rings. The molecule has 0 bridgehead atoms. The summed E-state index contributed by atoms with van der Waals surface area (Å²) in [4.78, 5) is 4.82. The van der Waals surface area contributed by atoms with Crippen molar-refractivity contribution in [3.05, 3.63) is 218 Å². The van der Waals surface area contributed by atoms with Gasteiger partial charge in [0.05, 0.1) is 11.4 Å². The summed E-state index contributed by atoms with van der Waals surface area (Å²) in [5.74, 6) is 0. The van der Waals surface area contributed by atoms with Gasteiger partial charge in [-0.15, -0.1) is 0 Å². The molecule has 0 saturated carbocycles. The van der Waals surface area contributed by atoms with E-state index in [2.05, 4.69) is 228 Å². The molecule has 0 N–H and O–H groups in total. The highest BCUT2D eigenvalue weighted by Gasteiger charge is 2.20. The Morgan fingerprint density at radius 3 is 0.982 bits per heavy atom. The van der Waals surface area contributed by atoms with E-state index in [1.165, 1.54) is 64.6 Å². The normalized spacial score (nSPS) is 11.6. The number of nitrogens with zero attached hydrogens (tertiary/aromatic N) is 2. The fourth-order valence-corrected chi connectivity index (χ4v) is 8.70. The van der Waals surface area contributed by atoms with Gasteiger partial charge in [-0.1, -0.05) is 146 Å². The van der Waals surface area contributed by atoms with Gasteiger partial charge in [0.25, 0.3) is 0 Å². The second-order valence-electron chi connectivity index (χ2n) is 14.6. The standard InChI is InChI=1S/C54H36N2/c1-3-17-43(18-4-1)55(53-35-39-15-7-9-21-47(39)49-23-11-13-25-51(49)53)45-29-27-37-32-42-34-46(30-28-38(42)31-41(37)33-45)56(44-19-5-2-6-20-44)54-36-40-16-8-10-22-48(40)50-24-12-14-26-52(50)54/h1-36H. The van der Waals surface area contributed by atoms with Crippen LogP contribution in [0.1, 0.15) is 0 Å². The first-order valence-corrected chi connectivity index (χ1v) is 19.3. The smallest absolute Gasteiger partial charge is 0.0546 e. The number of rotatable bonds is 6. The monoisotopic (exact) mass is 712 g/mol. The molecule has 11 rings (SSSR count). The van der Waals surface area contributed by atoms with Crippen molar-refractivity contribution in [2.75, 3.05) is 9.80 Å². The lowest BCUT2D eigenvalue weighted by Gasteiger charge is -2.28. The first-order valence-electron chi connectivity index (χ1n) is 19.3. The SMILES string of the molecule is c1ccc(N(c2ccc3cc4cc(N(c5ccccc5)c5cc6ccccc6c6ccccc56)ccc4cc3c2)c2cc3ccccc3c3ccccc23)cc1. The molecular weight excluding hydrogens is 677 g/mol. The number of fused-ring (bicyclic) bond motifs is 8. The Labute approximate surface area is 325 Å². The minimum atomic E-state index is 1.12. The van der Waals surface area contributed by atoms with Gasteiger partial charge >= 0.3 is 0 Å². The Hall–Kier alpha value is -7.42. The summed E-state index contributed by atoms with van der Waals surface area (Å²) in [7, 11) is 0. The van der Waals surface area contributed by atoms with Crippen LogP contribution in [-0.4, -0.2) is 0 Å². The summed E-state index contributed by atoms with van der Waals surface area (Å²) < 4.78 is 0. The summed E-state index contributed by atoms with van der Waals surface area (Å²) in [6.07, 6.45) is 0. The van der Waals surface area contributed by atoms with Crippen LogP contribution in [0.4, 0.5) is 34.1 Å². The van der Waals surface area contributed by atoms with Gasteiger partial charge in [0.2, 0.25) is 0 Å². The Morgan fingerprint density at radius 2 is 0.554 bits per heavy atom. The minimum Gasteiger partial charge on any atom is -0.310 e. The molecule has 0 radical (unpaired) electrons. The first kappa shape index (κ1) is 32.0. The molecular formula is C54H36N2. The molecule has 0 spiro atoms. The Morgan fingerprint density at radius 1 is 0.196 bits per heavy atom. The van der Waals surface area contributed by atoms with E-state index in [9.17, 15) is 0 Å². The van der Waals surface area contributed by atoms with Crippen LogP contribution in [-0.2, 0) is 0 Å². The van der Waals surface area contributed by atoms with Crippen LogP contribution in [0.2, 0.25) is 0 Å². The molecule has 11 aromatic carbocycles. The topological polar surface area (TPSA) is 6.48 Å². The van der Waals surface area contributed by atoms with Gasteiger partial charge in [0.1, 0.15) is 0 Å². The second-order valence-corrected chi connectivity index (χ2v) is 14.6. The molecule has 0 fully saturated rings. The fraction of sp³-hybridized carbons (Fsp3) is 0. The van der Waals surface area contributed by atoms with Crippen molar-refractivity contribution < 1.29 is 0 Å². The average molecular weight is 713 g/mol. The number of anilines is 6. The molecule has 0 aliphatic rings. The van der Waals surface area contributed by atoms with Crippen molar-refractivity contribution in [3.8, 4) is 0 Å². The number of benzene rings is 11. The van der Waals surface area contributed by atoms with Gasteiger partial charge in [-0.05, 0) is 127 Å². The maximum absolute atomic E-state index is 2.41. The van der Waals surface area contributed by atoms with E-state index in [-0.39, 0.29) is 0 Å². The van der Waals surface area contributed by atoms with Crippen LogP contribution in [0, 0.1) is 0 Å². The molecule has 0 amide bonds. The van der Waals surface area contributed by atoms with E-state index in [0.717, 1.165) is 34.1 Å². The second kappa shape index (κ2) is 13.2. The van der Waals surface area contributed by atoms with E-state index in [4.69, 9.17) is 0 Å². The van der Waals surface area contributed by atoms with Gasteiger partial charge < -0.3 is 9.80 Å². The maximum Gasteiger partial charge on any atom is 0.0546 e. The molecule has 2 nitrogen and oxygen atoms in total. The fourth-order valence-electron chi connectivity index (χ4n) is 8.70. The average Bonchev–Trinajstić information content (AvgIpc) is 3.26. The van der Waals surface area contributed by atoms with Crippen LogP contribution in [0.15, 0.2) is 218 Å². The van der Waals surface area contributed by atoms with E-state index in [0.29, 0.717) is 0 Å². The number of hydrogen-bond donors (Lipinski definition) is 0. The van der Waals surface area contributed by atoms with E-state index < -0.39 is 0 Å².